The molecule has 1 amide bonds. The standard InChI is InChI=1S/C12H13ClN4O2S/c1-3-8(20-11-5-4-9(13)15-16-11)12(18)14-10-6-7(2)19-17-10/h4-6,8H,3H2,1-2H3,(H,14,17,18)/t8-/m1/s1. The average Bonchev–Trinajstić information content (AvgIpc) is 2.83. The molecule has 2 aromatic heterocycles. The first kappa shape index (κ1) is 14.8. The van der Waals surface area contributed by atoms with E-state index in [1.807, 2.05) is 6.92 Å². The van der Waals surface area contributed by atoms with Crippen molar-refractivity contribution in [1.82, 2.24) is 15.4 Å². The number of rotatable bonds is 5. The maximum Gasteiger partial charge on any atom is 0.239 e. The molecule has 0 bridgehead atoms. The van der Waals surface area contributed by atoms with Gasteiger partial charge in [-0.15, -0.1) is 10.2 Å². The number of carbonyl (C=O) groups excluding carboxylic acids is 1. The van der Waals surface area contributed by atoms with Gasteiger partial charge in [0.25, 0.3) is 0 Å². The van der Waals surface area contributed by atoms with Crippen molar-refractivity contribution in [2.24, 2.45) is 0 Å². The maximum absolute atomic E-state index is 12.1. The van der Waals surface area contributed by atoms with Crippen LogP contribution in [-0.4, -0.2) is 26.5 Å². The molecule has 1 N–H and O–H groups in total. The Morgan fingerprint density at radius 1 is 1.50 bits per heavy atom. The first-order chi connectivity index (χ1) is 9.58. The Balaban J connectivity index is 2.00. The lowest BCUT2D eigenvalue weighted by Crippen LogP contribution is -2.24. The molecule has 0 aromatic carbocycles. The number of halogens is 1. The minimum absolute atomic E-state index is 0.150. The molecule has 0 saturated carbocycles. The predicted octanol–water partition coefficient (Wildman–Crippen LogP) is 2.94. The third-order valence-corrected chi connectivity index (χ3v) is 3.91. The Bertz CT molecular complexity index is 587. The van der Waals surface area contributed by atoms with Crippen LogP contribution in [0.3, 0.4) is 0 Å². The van der Waals surface area contributed by atoms with Gasteiger partial charge in [-0.25, -0.2) is 0 Å². The van der Waals surface area contributed by atoms with Crippen LogP contribution in [-0.2, 0) is 4.79 Å². The molecule has 2 rings (SSSR count). The maximum atomic E-state index is 12.1. The number of carbonyl (C=O) groups is 1. The summed E-state index contributed by atoms with van der Waals surface area (Å²) in [6.07, 6.45) is 0.650. The Hall–Kier alpha value is -1.60. The van der Waals surface area contributed by atoms with Crippen molar-refractivity contribution in [2.45, 2.75) is 30.5 Å². The Morgan fingerprint density at radius 2 is 2.30 bits per heavy atom. The van der Waals surface area contributed by atoms with Crippen LogP contribution in [0.15, 0.2) is 27.7 Å². The minimum Gasteiger partial charge on any atom is -0.360 e. The topological polar surface area (TPSA) is 80.9 Å². The van der Waals surface area contributed by atoms with E-state index in [1.165, 1.54) is 11.8 Å². The van der Waals surface area contributed by atoms with Crippen LogP contribution in [0.25, 0.3) is 0 Å². The summed E-state index contributed by atoms with van der Waals surface area (Å²) in [5.41, 5.74) is 0. The molecule has 0 aliphatic carbocycles. The molecule has 6 nitrogen and oxygen atoms in total. The van der Waals surface area contributed by atoms with Gasteiger partial charge in [-0.2, -0.15) is 0 Å². The van der Waals surface area contributed by atoms with Gasteiger partial charge in [-0.3, -0.25) is 4.79 Å². The number of amides is 1. The Kier molecular flexibility index (Phi) is 4.97. The molecule has 0 unspecified atom stereocenters. The van der Waals surface area contributed by atoms with Gasteiger partial charge in [0, 0.05) is 6.07 Å². The van der Waals surface area contributed by atoms with Crippen LogP contribution < -0.4 is 5.32 Å². The van der Waals surface area contributed by atoms with Crippen molar-refractivity contribution in [1.29, 1.82) is 0 Å². The van der Waals surface area contributed by atoms with Crippen molar-refractivity contribution in [3.05, 3.63) is 29.1 Å². The van der Waals surface area contributed by atoms with Gasteiger partial charge in [-0.1, -0.05) is 35.4 Å². The lowest BCUT2D eigenvalue weighted by Gasteiger charge is -2.12. The number of nitrogens with zero attached hydrogens (tertiary/aromatic N) is 3. The number of thioether (sulfide) groups is 1. The van der Waals surface area contributed by atoms with Crippen LogP contribution in [0.4, 0.5) is 5.82 Å². The molecule has 2 aromatic rings. The molecule has 2 heterocycles. The van der Waals surface area contributed by atoms with Gasteiger partial charge in [0.1, 0.15) is 10.8 Å². The van der Waals surface area contributed by atoms with Gasteiger partial charge in [0.15, 0.2) is 11.0 Å². The van der Waals surface area contributed by atoms with E-state index >= 15 is 0 Å². The lowest BCUT2D eigenvalue weighted by molar-refractivity contribution is -0.115. The highest BCUT2D eigenvalue weighted by Gasteiger charge is 2.20. The highest BCUT2D eigenvalue weighted by Crippen LogP contribution is 2.24. The second kappa shape index (κ2) is 6.71. The fourth-order valence-electron chi connectivity index (χ4n) is 1.47. The van der Waals surface area contributed by atoms with E-state index in [-0.39, 0.29) is 11.2 Å². The van der Waals surface area contributed by atoms with E-state index in [9.17, 15) is 4.79 Å². The van der Waals surface area contributed by atoms with Crippen molar-refractivity contribution < 1.29 is 9.32 Å². The molecule has 0 saturated heterocycles. The number of aromatic nitrogens is 3. The SMILES string of the molecule is CC[C@@H](Sc1ccc(Cl)nn1)C(=O)Nc1cc(C)on1. The van der Waals surface area contributed by atoms with Gasteiger partial charge in [0.2, 0.25) is 5.91 Å². The fourth-order valence-corrected chi connectivity index (χ4v) is 2.43. The summed E-state index contributed by atoms with van der Waals surface area (Å²) in [6.45, 7) is 3.69. The van der Waals surface area contributed by atoms with E-state index in [1.54, 1.807) is 25.1 Å². The van der Waals surface area contributed by atoms with Crippen LogP contribution in [0.5, 0.6) is 0 Å². The van der Waals surface area contributed by atoms with E-state index in [0.29, 0.717) is 28.2 Å². The van der Waals surface area contributed by atoms with Crippen molar-refractivity contribution in [2.75, 3.05) is 5.32 Å². The third-order valence-electron chi connectivity index (χ3n) is 2.41. The molecular weight excluding hydrogens is 300 g/mol. The predicted molar refractivity (Wildman–Crippen MR) is 76.8 cm³/mol. The highest BCUT2D eigenvalue weighted by atomic mass is 35.5. The van der Waals surface area contributed by atoms with E-state index < -0.39 is 0 Å². The third kappa shape index (κ3) is 3.94. The second-order valence-electron chi connectivity index (χ2n) is 4.02. The summed E-state index contributed by atoms with van der Waals surface area (Å²) in [5, 5.41) is 14.8. The largest absolute Gasteiger partial charge is 0.360 e. The molecule has 20 heavy (non-hydrogen) atoms. The average molecular weight is 313 g/mol. The zero-order valence-electron chi connectivity index (χ0n) is 11.0. The normalized spacial score (nSPS) is 12.2. The summed E-state index contributed by atoms with van der Waals surface area (Å²) in [5.74, 6) is 0.904. The van der Waals surface area contributed by atoms with E-state index in [2.05, 4.69) is 20.7 Å². The van der Waals surface area contributed by atoms with Crippen LogP contribution in [0, 0.1) is 6.92 Å². The lowest BCUT2D eigenvalue weighted by atomic mass is 10.3. The Labute approximate surface area is 125 Å². The van der Waals surface area contributed by atoms with Gasteiger partial charge >= 0.3 is 0 Å². The van der Waals surface area contributed by atoms with Crippen LogP contribution in [0.1, 0.15) is 19.1 Å². The zero-order chi connectivity index (χ0) is 14.5. The molecule has 0 radical (unpaired) electrons. The number of hydrogen-bond acceptors (Lipinski definition) is 6. The monoisotopic (exact) mass is 312 g/mol. The molecule has 0 aliphatic rings. The number of nitrogens with one attached hydrogen (secondary N) is 1. The van der Waals surface area contributed by atoms with Crippen LogP contribution in [0.2, 0.25) is 5.15 Å². The quantitative estimate of drug-likeness (QED) is 0.855. The van der Waals surface area contributed by atoms with Crippen LogP contribution >= 0.6 is 23.4 Å². The minimum atomic E-state index is -0.289. The molecule has 106 valence electrons. The first-order valence-electron chi connectivity index (χ1n) is 5.98. The molecule has 1 atom stereocenters. The van der Waals surface area contributed by atoms with Crippen molar-refractivity contribution in [3.63, 3.8) is 0 Å². The van der Waals surface area contributed by atoms with E-state index in [0.717, 1.165) is 0 Å². The number of hydrogen-bond donors (Lipinski definition) is 1. The fraction of sp³-hybridized carbons (Fsp3) is 0.333. The summed E-state index contributed by atoms with van der Waals surface area (Å²) in [6, 6.07) is 5.04. The molecular formula is C12H13ClN4O2S. The summed E-state index contributed by atoms with van der Waals surface area (Å²) < 4.78 is 4.90. The van der Waals surface area contributed by atoms with E-state index in [4.69, 9.17) is 16.1 Å². The Morgan fingerprint density at radius 3 is 2.85 bits per heavy atom. The van der Waals surface area contributed by atoms with Gasteiger partial charge in [0.05, 0.1) is 5.25 Å². The van der Waals surface area contributed by atoms with Gasteiger partial charge in [-0.05, 0) is 25.5 Å². The van der Waals surface area contributed by atoms with Crippen molar-refractivity contribution in [3.8, 4) is 0 Å². The summed E-state index contributed by atoms with van der Waals surface area (Å²) >= 11 is 7.00. The number of anilines is 1. The summed E-state index contributed by atoms with van der Waals surface area (Å²) in [7, 11) is 0. The first-order valence-corrected chi connectivity index (χ1v) is 7.24. The molecule has 0 spiro atoms. The number of aryl methyl sites for hydroxylation is 1. The second-order valence-corrected chi connectivity index (χ2v) is 5.63. The highest BCUT2D eigenvalue weighted by molar-refractivity contribution is 8.00. The smallest absolute Gasteiger partial charge is 0.239 e. The molecule has 0 fully saturated rings. The zero-order valence-corrected chi connectivity index (χ0v) is 12.5. The summed E-state index contributed by atoms with van der Waals surface area (Å²) in [4.78, 5) is 12.1. The van der Waals surface area contributed by atoms with Gasteiger partial charge < -0.3 is 9.84 Å². The van der Waals surface area contributed by atoms with Crippen molar-refractivity contribution >= 4 is 35.1 Å². The molecule has 0 aliphatic heterocycles. The molecule has 8 heteroatoms.